The smallest absolute Gasteiger partial charge is 0.260 e. The number of para-hydroxylation sites is 1. The van der Waals surface area contributed by atoms with Crippen LogP contribution in [0.25, 0.3) is 10.2 Å². The van der Waals surface area contributed by atoms with Gasteiger partial charge in [0.05, 0.1) is 27.9 Å². The summed E-state index contributed by atoms with van der Waals surface area (Å²) in [6, 6.07) is 16.0. The predicted molar refractivity (Wildman–Crippen MR) is 146 cm³/mol. The van der Waals surface area contributed by atoms with E-state index in [0.29, 0.717) is 23.0 Å². The van der Waals surface area contributed by atoms with Crippen LogP contribution in [0.4, 0.5) is 5.13 Å². The average Bonchev–Trinajstić information content (AvgIpc) is 3.61. The molecule has 0 bridgehead atoms. The number of amides is 1. The van der Waals surface area contributed by atoms with Gasteiger partial charge >= 0.3 is 0 Å². The summed E-state index contributed by atoms with van der Waals surface area (Å²) in [6.07, 6.45) is 6.02. The number of hydrogen-bond donors (Lipinski definition) is 0. The topological polar surface area (TPSA) is 83.7 Å². The molecule has 5 rings (SSSR count). The van der Waals surface area contributed by atoms with Crippen LogP contribution >= 0.6 is 11.3 Å². The van der Waals surface area contributed by atoms with Gasteiger partial charge in [0.15, 0.2) is 5.13 Å². The molecule has 4 aromatic rings. The highest BCUT2D eigenvalue weighted by Gasteiger charge is 2.33. The molecule has 1 saturated heterocycles. The molecule has 1 amide bonds. The molecule has 2 aromatic carbocycles. The molecule has 1 fully saturated rings. The lowest BCUT2D eigenvalue weighted by atomic mass is 10.0. The number of sulfonamides is 1. The van der Waals surface area contributed by atoms with Gasteiger partial charge in [-0.25, -0.2) is 13.4 Å². The number of furan rings is 1. The van der Waals surface area contributed by atoms with Gasteiger partial charge in [-0.05, 0) is 73.7 Å². The van der Waals surface area contributed by atoms with E-state index in [4.69, 9.17) is 9.40 Å². The first-order valence-corrected chi connectivity index (χ1v) is 15.0. The second kappa shape index (κ2) is 10.8. The first-order valence-electron chi connectivity index (χ1n) is 12.8. The molecular formula is C28H31N3O4S2. The number of carbonyl (C=O) groups excluding carboxylic acids is 1. The Balaban J connectivity index is 1.47. The van der Waals surface area contributed by atoms with E-state index in [-0.39, 0.29) is 23.4 Å². The van der Waals surface area contributed by atoms with Crippen LogP contribution in [-0.4, -0.2) is 36.2 Å². The quantitative estimate of drug-likeness (QED) is 0.265. The van der Waals surface area contributed by atoms with Crippen molar-refractivity contribution in [2.24, 2.45) is 0 Å². The summed E-state index contributed by atoms with van der Waals surface area (Å²) >= 11 is 1.46. The predicted octanol–water partition coefficient (Wildman–Crippen LogP) is 6.25. The number of fused-ring (bicyclic) bond motifs is 1. The molecule has 2 aromatic heterocycles. The first-order chi connectivity index (χ1) is 17.9. The fraction of sp³-hybridized carbons (Fsp3) is 0.357. The van der Waals surface area contributed by atoms with Crippen molar-refractivity contribution in [3.8, 4) is 0 Å². The highest BCUT2D eigenvalue weighted by atomic mass is 32.2. The lowest BCUT2D eigenvalue weighted by Gasteiger charge is -2.34. The van der Waals surface area contributed by atoms with Crippen LogP contribution in [0, 0.1) is 0 Å². The van der Waals surface area contributed by atoms with Crippen LogP contribution in [0.1, 0.15) is 61.2 Å². The molecule has 1 atom stereocenters. The Morgan fingerprint density at radius 1 is 1.11 bits per heavy atom. The summed E-state index contributed by atoms with van der Waals surface area (Å²) in [6.45, 7) is 4.87. The number of thiazole rings is 1. The van der Waals surface area contributed by atoms with Gasteiger partial charge in [-0.2, -0.15) is 4.31 Å². The van der Waals surface area contributed by atoms with Gasteiger partial charge in [0, 0.05) is 18.2 Å². The molecule has 1 unspecified atom stereocenters. The zero-order chi connectivity index (χ0) is 26.0. The van der Waals surface area contributed by atoms with Gasteiger partial charge in [0.2, 0.25) is 10.0 Å². The zero-order valence-corrected chi connectivity index (χ0v) is 22.7. The van der Waals surface area contributed by atoms with Crippen molar-refractivity contribution < 1.29 is 17.6 Å². The maximum atomic E-state index is 13.8. The Bertz CT molecular complexity index is 1480. The van der Waals surface area contributed by atoms with E-state index in [0.717, 1.165) is 47.9 Å². The number of piperidine rings is 1. The molecule has 3 heterocycles. The molecular weight excluding hydrogens is 506 g/mol. The number of nitrogens with zero attached hydrogens (tertiary/aromatic N) is 3. The van der Waals surface area contributed by atoms with E-state index in [1.807, 2.05) is 25.1 Å². The lowest BCUT2D eigenvalue weighted by Crippen LogP contribution is -2.43. The highest BCUT2D eigenvalue weighted by Crippen LogP contribution is 2.33. The third-order valence-electron chi connectivity index (χ3n) is 6.99. The maximum absolute atomic E-state index is 13.8. The number of carbonyl (C=O) groups is 1. The third kappa shape index (κ3) is 5.08. The minimum absolute atomic E-state index is 0.0240. The van der Waals surface area contributed by atoms with Gasteiger partial charge < -0.3 is 4.42 Å². The fourth-order valence-electron chi connectivity index (χ4n) is 4.94. The van der Waals surface area contributed by atoms with Crippen molar-refractivity contribution in [1.82, 2.24) is 9.29 Å². The molecule has 0 N–H and O–H groups in total. The minimum atomic E-state index is -3.62. The van der Waals surface area contributed by atoms with Gasteiger partial charge in [-0.15, -0.1) is 0 Å². The summed E-state index contributed by atoms with van der Waals surface area (Å²) in [7, 11) is -3.62. The Hall–Kier alpha value is -3.01. The van der Waals surface area contributed by atoms with Crippen molar-refractivity contribution in [2.75, 3.05) is 11.4 Å². The standard InChI is InChI=1S/C28H31N3O4S2/c1-3-20-9-7-12-25-26(20)29-28(36-25)30(19-23-11-8-18-35-23)27(32)21-13-15-24(16-14-21)37(33,34)31-17-6-5-10-22(31)4-2/h7-9,11-16,18,22H,3-6,10,17,19H2,1-2H3. The highest BCUT2D eigenvalue weighted by molar-refractivity contribution is 7.89. The second-order valence-corrected chi connectivity index (χ2v) is 12.2. The summed E-state index contributed by atoms with van der Waals surface area (Å²) < 4.78 is 34.9. The van der Waals surface area contributed by atoms with E-state index in [2.05, 4.69) is 13.0 Å². The Morgan fingerprint density at radius 3 is 2.62 bits per heavy atom. The van der Waals surface area contributed by atoms with Crippen LogP contribution in [-0.2, 0) is 23.0 Å². The SMILES string of the molecule is CCc1cccc2sc(N(Cc3ccco3)C(=O)c3ccc(S(=O)(=O)N4CCCCC4CC)cc3)nc12. The average molecular weight is 538 g/mol. The summed E-state index contributed by atoms with van der Waals surface area (Å²) in [5.74, 6) is 0.375. The van der Waals surface area contributed by atoms with E-state index in [9.17, 15) is 13.2 Å². The minimum Gasteiger partial charge on any atom is -0.467 e. The Labute approximate surface area is 221 Å². The van der Waals surface area contributed by atoms with Crippen LogP contribution < -0.4 is 4.90 Å². The third-order valence-corrected chi connectivity index (χ3v) is 10.0. The van der Waals surface area contributed by atoms with E-state index in [1.165, 1.54) is 11.3 Å². The molecule has 0 saturated carbocycles. The summed E-state index contributed by atoms with van der Waals surface area (Å²) in [4.78, 5) is 20.4. The summed E-state index contributed by atoms with van der Waals surface area (Å²) in [5.41, 5.74) is 2.42. The molecule has 37 heavy (non-hydrogen) atoms. The fourth-order valence-corrected chi connectivity index (χ4v) is 7.72. The summed E-state index contributed by atoms with van der Waals surface area (Å²) in [5, 5.41) is 0.577. The number of aromatic nitrogens is 1. The van der Waals surface area contributed by atoms with Crippen molar-refractivity contribution in [3.05, 3.63) is 77.7 Å². The molecule has 194 valence electrons. The number of hydrogen-bond acceptors (Lipinski definition) is 6. The monoisotopic (exact) mass is 537 g/mol. The molecule has 7 nitrogen and oxygen atoms in total. The Kier molecular flexibility index (Phi) is 7.46. The lowest BCUT2D eigenvalue weighted by molar-refractivity contribution is 0.0983. The van der Waals surface area contributed by atoms with E-state index < -0.39 is 10.0 Å². The first kappa shape index (κ1) is 25.6. The number of anilines is 1. The molecule has 9 heteroatoms. The number of rotatable bonds is 8. The van der Waals surface area contributed by atoms with Crippen LogP contribution in [0.3, 0.4) is 0 Å². The second-order valence-electron chi connectivity index (χ2n) is 9.28. The van der Waals surface area contributed by atoms with Crippen LogP contribution in [0.15, 0.2) is 70.2 Å². The maximum Gasteiger partial charge on any atom is 0.260 e. The normalized spacial score (nSPS) is 16.8. The van der Waals surface area contributed by atoms with Crippen molar-refractivity contribution in [2.45, 2.75) is 63.4 Å². The van der Waals surface area contributed by atoms with Crippen LogP contribution in [0.2, 0.25) is 0 Å². The van der Waals surface area contributed by atoms with Crippen LogP contribution in [0.5, 0.6) is 0 Å². The molecule has 1 aliphatic heterocycles. The van der Waals surface area contributed by atoms with Crippen molar-refractivity contribution in [3.63, 3.8) is 0 Å². The van der Waals surface area contributed by atoms with E-state index >= 15 is 0 Å². The van der Waals surface area contributed by atoms with Gasteiger partial charge in [0.25, 0.3) is 5.91 Å². The zero-order valence-electron chi connectivity index (χ0n) is 21.1. The number of benzene rings is 2. The van der Waals surface area contributed by atoms with E-state index in [1.54, 1.807) is 45.8 Å². The molecule has 0 spiro atoms. The van der Waals surface area contributed by atoms with Crippen molar-refractivity contribution in [1.29, 1.82) is 0 Å². The molecule has 0 aliphatic carbocycles. The van der Waals surface area contributed by atoms with Gasteiger partial charge in [-0.1, -0.05) is 43.7 Å². The van der Waals surface area contributed by atoms with Crippen molar-refractivity contribution >= 4 is 42.6 Å². The number of aryl methyl sites for hydroxylation is 1. The van der Waals surface area contributed by atoms with Gasteiger partial charge in [0.1, 0.15) is 5.76 Å². The molecule has 1 aliphatic rings. The molecule has 0 radical (unpaired) electrons. The van der Waals surface area contributed by atoms with Gasteiger partial charge in [-0.3, -0.25) is 9.69 Å². The Morgan fingerprint density at radius 2 is 1.92 bits per heavy atom. The largest absolute Gasteiger partial charge is 0.467 e.